The fraction of sp³-hybridized carbons (Fsp3) is 0.231. The standard InChI is InChI=1S/C13H12BrNO3/c1-3-18-13(17)9-6-8-4-5-10(14)7(2)11(8)15-12(9)16/h4-6H,3H2,1-2H3,(H,15,16). The van der Waals surface area contributed by atoms with Crippen LogP contribution in [0.2, 0.25) is 0 Å². The Kier molecular flexibility index (Phi) is 3.52. The Hall–Kier alpha value is -1.62. The van der Waals surface area contributed by atoms with Gasteiger partial charge in [0.1, 0.15) is 5.56 Å². The maximum absolute atomic E-state index is 11.8. The van der Waals surface area contributed by atoms with Crippen LogP contribution in [0, 0.1) is 6.92 Å². The smallest absolute Gasteiger partial charge is 0.343 e. The van der Waals surface area contributed by atoms with Crippen molar-refractivity contribution in [2.45, 2.75) is 13.8 Å². The van der Waals surface area contributed by atoms with Gasteiger partial charge in [0.25, 0.3) is 5.56 Å². The maximum Gasteiger partial charge on any atom is 0.343 e. The summed E-state index contributed by atoms with van der Waals surface area (Å²) in [5.74, 6) is -0.596. The van der Waals surface area contributed by atoms with Crippen molar-refractivity contribution >= 4 is 32.8 Å². The van der Waals surface area contributed by atoms with E-state index in [0.29, 0.717) is 0 Å². The number of nitrogens with one attached hydrogen (secondary N) is 1. The molecule has 2 rings (SSSR count). The first-order chi connectivity index (χ1) is 8.54. The summed E-state index contributed by atoms with van der Waals surface area (Å²) in [5, 5.41) is 0.804. The largest absolute Gasteiger partial charge is 0.462 e. The van der Waals surface area contributed by atoms with E-state index in [1.54, 1.807) is 13.0 Å². The summed E-state index contributed by atoms with van der Waals surface area (Å²) in [4.78, 5) is 26.2. The lowest BCUT2D eigenvalue weighted by molar-refractivity contribution is 0.0524. The number of hydrogen-bond acceptors (Lipinski definition) is 3. The molecule has 1 heterocycles. The van der Waals surface area contributed by atoms with Crippen molar-refractivity contribution in [2.24, 2.45) is 0 Å². The zero-order valence-corrected chi connectivity index (χ0v) is 11.6. The van der Waals surface area contributed by atoms with E-state index in [1.165, 1.54) is 0 Å². The van der Waals surface area contributed by atoms with Gasteiger partial charge in [-0.2, -0.15) is 0 Å². The fourth-order valence-electron chi connectivity index (χ4n) is 1.76. The van der Waals surface area contributed by atoms with Gasteiger partial charge in [-0.15, -0.1) is 0 Å². The van der Waals surface area contributed by atoms with Crippen LogP contribution in [0.4, 0.5) is 0 Å². The third-order valence-corrected chi connectivity index (χ3v) is 3.57. The SMILES string of the molecule is CCOC(=O)c1cc2ccc(Br)c(C)c2[nH]c1=O. The lowest BCUT2D eigenvalue weighted by Gasteiger charge is -2.06. The van der Waals surface area contributed by atoms with Crippen LogP contribution >= 0.6 is 15.9 Å². The van der Waals surface area contributed by atoms with Crippen molar-refractivity contribution in [2.75, 3.05) is 6.61 Å². The molecule has 0 unspecified atom stereocenters. The summed E-state index contributed by atoms with van der Waals surface area (Å²) >= 11 is 3.40. The molecule has 0 aliphatic heterocycles. The molecule has 0 atom stereocenters. The zero-order valence-electron chi connectivity index (χ0n) is 10.0. The van der Waals surface area contributed by atoms with Gasteiger partial charge in [-0.05, 0) is 36.9 Å². The van der Waals surface area contributed by atoms with Gasteiger partial charge in [-0.3, -0.25) is 4.79 Å². The van der Waals surface area contributed by atoms with Gasteiger partial charge in [0, 0.05) is 4.47 Å². The van der Waals surface area contributed by atoms with E-state index >= 15 is 0 Å². The maximum atomic E-state index is 11.8. The average Bonchev–Trinajstić information content (AvgIpc) is 2.34. The highest BCUT2D eigenvalue weighted by Gasteiger charge is 2.13. The average molecular weight is 310 g/mol. The molecule has 4 nitrogen and oxygen atoms in total. The molecule has 0 aliphatic carbocycles. The van der Waals surface area contributed by atoms with Gasteiger partial charge in [-0.25, -0.2) is 4.79 Å². The summed E-state index contributed by atoms with van der Waals surface area (Å²) in [6, 6.07) is 5.28. The predicted molar refractivity (Wildman–Crippen MR) is 73.0 cm³/mol. The minimum absolute atomic E-state index is 0.0334. The van der Waals surface area contributed by atoms with Gasteiger partial charge in [0.2, 0.25) is 0 Å². The monoisotopic (exact) mass is 309 g/mol. The van der Waals surface area contributed by atoms with Crippen LogP contribution in [0.5, 0.6) is 0 Å². The number of benzene rings is 1. The van der Waals surface area contributed by atoms with Crippen LogP contribution in [-0.4, -0.2) is 17.6 Å². The van der Waals surface area contributed by atoms with Gasteiger partial charge >= 0.3 is 5.97 Å². The van der Waals surface area contributed by atoms with E-state index in [9.17, 15) is 9.59 Å². The molecule has 1 aromatic heterocycles. The normalized spacial score (nSPS) is 10.6. The Labute approximate surface area is 112 Å². The van der Waals surface area contributed by atoms with Crippen molar-refractivity contribution in [3.8, 4) is 0 Å². The first-order valence-electron chi connectivity index (χ1n) is 5.54. The molecule has 0 amide bonds. The highest BCUT2D eigenvalue weighted by molar-refractivity contribution is 9.10. The summed E-state index contributed by atoms with van der Waals surface area (Å²) in [5.41, 5.74) is 1.26. The van der Waals surface area contributed by atoms with Crippen LogP contribution in [-0.2, 0) is 4.74 Å². The quantitative estimate of drug-likeness (QED) is 0.868. The van der Waals surface area contributed by atoms with E-state index in [4.69, 9.17) is 4.74 Å². The molecule has 0 saturated heterocycles. The van der Waals surface area contributed by atoms with Crippen LogP contribution < -0.4 is 5.56 Å². The van der Waals surface area contributed by atoms with Gasteiger partial charge in [0.05, 0.1) is 12.1 Å². The van der Waals surface area contributed by atoms with E-state index in [2.05, 4.69) is 20.9 Å². The number of aryl methyl sites for hydroxylation is 1. The van der Waals surface area contributed by atoms with Gasteiger partial charge in [0.15, 0.2) is 0 Å². The Bertz CT molecular complexity index is 676. The number of fused-ring (bicyclic) bond motifs is 1. The number of carbonyl (C=O) groups excluding carboxylic acids is 1. The minimum atomic E-state index is -0.596. The Morgan fingerprint density at radius 1 is 1.44 bits per heavy atom. The number of aromatic nitrogens is 1. The summed E-state index contributed by atoms with van der Waals surface area (Å²) in [6.45, 7) is 3.84. The second-order valence-electron chi connectivity index (χ2n) is 3.87. The Morgan fingerprint density at radius 3 is 2.83 bits per heavy atom. The van der Waals surface area contributed by atoms with Gasteiger partial charge in [-0.1, -0.05) is 22.0 Å². The molecular formula is C13H12BrNO3. The second-order valence-corrected chi connectivity index (χ2v) is 4.72. The molecule has 0 bridgehead atoms. The number of ether oxygens (including phenoxy) is 1. The van der Waals surface area contributed by atoms with Crippen molar-refractivity contribution in [3.05, 3.63) is 44.2 Å². The summed E-state index contributed by atoms with van der Waals surface area (Å²) in [7, 11) is 0. The first kappa shape index (κ1) is 12.8. The number of aromatic amines is 1. The number of hydrogen-bond donors (Lipinski definition) is 1. The fourth-order valence-corrected chi connectivity index (χ4v) is 2.09. The van der Waals surface area contributed by atoms with Crippen LogP contribution in [0.1, 0.15) is 22.8 Å². The number of H-pyrrole nitrogens is 1. The van der Waals surface area contributed by atoms with E-state index in [0.717, 1.165) is 20.9 Å². The van der Waals surface area contributed by atoms with Gasteiger partial charge < -0.3 is 9.72 Å². The van der Waals surface area contributed by atoms with Crippen molar-refractivity contribution in [1.82, 2.24) is 4.98 Å². The zero-order chi connectivity index (χ0) is 13.3. The molecule has 0 spiro atoms. The molecule has 18 heavy (non-hydrogen) atoms. The minimum Gasteiger partial charge on any atom is -0.462 e. The summed E-state index contributed by atoms with van der Waals surface area (Å²) in [6.07, 6.45) is 0. The molecule has 0 fully saturated rings. The highest BCUT2D eigenvalue weighted by Crippen LogP contribution is 2.23. The molecule has 0 saturated carbocycles. The summed E-state index contributed by atoms with van der Waals surface area (Å²) < 4.78 is 5.76. The van der Waals surface area contributed by atoms with Crippen molar-refractivity contribution in [1.29, 1.82) is 0 Å². The predicted octanol–water partition coefficient (Wildman–Crippen LogP) is 2.78. The highest BCUT2D eigenvalue weighted by atomic mass is 79.9. The molecule has 2 aromatic rings. The van der Waals surface area contributed by atoms with Crippen LogP contribution in [0.3, 0.4) is 0 Å². The third-order valence-electron chi connectivity index (χ3n) is 2.71. The topological polar surface area (TPSA) is 59.2 Å². The van der Waals surface area contributed by atoms with Crippen molar-refractivity contribution < 1.29 is 9.53 Å². The number of carbonyl (C=O) groups is 1. The number of esters is 1. The molecule has 1 aromatic carbocycles. The number of halogens is 1. The Balaban J connectivity index is 2.67. The molecule has 1 N–H and O–H groups in total. The molecule has 5 heteroatoms. The second kappa shape index (κ2) is 4.94. The Morgan fingerprint density at radius 2 is 2.17 bits per heavy atom. The van der Waals surface area contributed by atoms with Crippen LogP contribution in [0.15, 0.2) is 27.5 Å². The number of rotatable bonds is 2. The first-order valence-corrected chi connectivity index (χ1v) is 6.33. The molecule has 0 radical (unpaired) electrons. The van der Waals surface area contributed by atoms with E-state index in [1.807, 2.05) is 19.1 Å². The van der Waals surface area contributed by atoms with E-state index in [-0.39, 0.29) is 12.2 Å². The van der Waals surface area contributed by atoms with Crippen molar-refractivity contribution in [3.63, 3.8) is 0 Å². The lowest BCUT2D eigenvalue weighted by atomic mass is 10.1. The third kappa shape index (κ3) is 2.18. The number of pyridine rings is 1. The molecular weight excluding hydrogens is 298 g/mol. The lowest BCUT2D eigenvalue weighted by Crippen LogP contribution is -2.19. The molecule has 94 valence electrons. The van der Waals surface area contributed by atoms with Crippen LogP contribution in [0.25, 0.3) is 10.9 Å². The molecule has 0 aliphatic rings. The van der Waals surface area contributed by atoms with E-state index < -0.39 is 11.5 Å².